The summed E-state index contributed by atoms with van der Waals surface area (Å²) in [5, 5.41) is 3.19. The molecule has 0 spiro atoms. The first-order chi connectivity index (χ1) is 9.20. The molecule has 0 radical (unpaired) electrons. The molecule has 3 heteroatoms. The van der Waals surface area contributed by atoms with E-state index in [0.29, 0.717) is 12.5 Å². The summed E-state index contributed by atoms with van der Waals surface area (Å²) in [5.41, 5.74) is 5.51. The molecule has 2 aliphatic rings. The Balaban J connectivity index is 1.76. The van der Waals surface area contributed by atoms with Gasteiger partial charge in [0.15, 0.2) is 0 Å². The number of carbonyl (C=O) groups is 1. The predicted octanol–water partition coefficient (Wildman–Crippen LogP) is 2.84. The van der Waals surface area contributed by atoms with Crippen LogP contribution in [0.25, 0.3) is 0 Å². The van der Waals surface area contributed by atoms with E-state index in [9.17, 15) is 4.79 Å². The molecule has 3 N–H and O–H groups in total. The molecule has 0 saturated heterocycles. The molecule has 0 aromatic carbocycles. The number of nitrogens with two attached hydrogens (primary N) is 1. The molecule has 0 aromatic heterocycles. The normalized spacial score (nSPS) is 32.4. The standard InChI is InChI=1S/C16H30N2O/c1-12(5-4-10-17)18-16(19)15-9-8-13-6-2-3-7-14(13)11-15/h12-15H,2-11,17H2,1H3,(H,18,19). The molecule has 4 unspecified atom stereocenters. The van der Waals surface area contributed by atoms with Crippen LogP contribution in [-0.2, 0) is 4.79 Å². The first-order valence-corrected chi connectivity index (χ1v) is 8.21. The van der Waals surface area contributed by atoms with Gasteiger partial charge in [0.1, 0.15) is 0 Å². The number of hydrogen-bond acceptors (Lipinski definition) is 2. The number of fused-ring (bicyclic) bond motifs is 1. The second-order valence-electron chi connectivity index (χ2n) is 6.66. The lowest BCUT2D eigenvalue weighted by Gasteiger charge is -2.39. The van der Waals surface area contributed by atoms with E-state index in [1.165, 1.54) is 32.1 Å². The predicted molar refractivity (Wildman–Crippen MR) is 78.7 cm³/mol. The maximum Gasteiger partial charge on any atom is 0.223 e. The van der Waals surface area contributed by atoms with E-state index in [4.69, 9.17) is 5.73 Å². The average Bonchev–Trinajstić information content (AvgIpc) is 2.44. The molecule has 2 rings (SSSR count). The van der Waals surface area contributed by atoms with Gasteiger partial charge in [-0.15, -0.1) is 0 Å². The van der Waals surface area contributed by atoms with Crippen LogP contribution in [0.1, 0.15) is 64.7 Å². The Bertz CT molecular complexity index is 292. The van der Waals surface area contributed by atoms with Crippen molar-refractivity contribution in [2.24, 2.45) is 23.5 Å². The topological polar surface area (TPSA) is 55.1 Å². The van der Waals surface area contributed by atoms with Gasteiger partial charge in [-0.05, 0) is 57.4 Å². The Hall–Kier alpha value is -0.570. The monoisotopic (exact) mass is 266 g/mol. The highest BCUT2D eigenvalue weighted by Gasteiger charge is 2.35. The van der Waals surface area contributed by atoms with Gasteiger partial charge >= 0.3 is 0 Å². The van der Waals surface area contributed by atoms with Crippen molar-refractivity contribution in [1.29, 1.82) is 0 Å². The molecular weight excluding hydrogens is 236 g/mol. The van der Waals surface area contributed by atoms with Crippen molar-refractivity contribution in [2.75, 3.05) is 6.54 Å². The van der Waals surface area contributed by atoms with Crippen LogP contribution in [0, 0.1) is 17.8 Å². The minimum atomic E-state index is 0.277. The Morgan fingerprint density at radius 2 is 1.95 bits per heavy atom. The maximum absolute atomic E-state index is 12.3. The van der Waals surface area contributed by atoms with Crippen LogP contribution in [0.2, 0.25) is 0 Å². The van der Waals surface area contributed by atoms with Gasteiger partial charge in [0, 0.05) is 12.0 Å². The van der Waals surface area contributed by atoms with Gasteiger partial charge in [-0.1, -0.05) is 25.7 Å². The summed E-state index contributed by atoms with van der Waals surface area (Å²) in [4.78, 5) is 12.3. The van der Waals surface area contributed by atoms with E-state index in [1.54, 1.807) is 0 Å². The Labute approximate surface area is 117 Å². The number of nitrogens with one attached hydrogen (secondary N) is 1. The number of carbonyl (C=O) groups excluding carboxylic acids is 1. The van der Waals surface area contributed by atoms with Gasteiger partial charge in [-0.3, -0.25) is 4.79 Å². The lowest BCUT2D eigenvalue weighted by Crippen LogP contribution is -2.41. The minimum absolute atomic E-state index is 0.277. The van der Waals surface area contributed by atoms with Crippen LogP contribution in [-0.4, -0.2) is 18.5 Å². The zero-order valence-electron chi connectivity index (χ0n) is 12.4. The van der Waals surface area contributed by atoms with Crippen molar-refractivity contribution in [3.63, 3.8) is 0 Å². The number of amides is 1. The average molecular weight is 266 g/mol. The Morgan fingerprint density at radius 1 is 1.21 bits per heavy atom. The first-order valence-electron chi connectivity index (χ1n) is 8.21. The summed E-state index contributed by atoms with van der Waals surface area (Å²) in [6.07, 6.45) is 11.1. The molecule has 0 aromatic rings. The van der Waals surface area contributed by atoms with Crippen molar-refractivity contribution in [1.82, 2.24) is 5.32 Å². The van der Waals surface area contributed by atoms with Crippen LogP contribution in [0.4, 0.5) is 0 Å². The van der Waals surface area contributed by atoms with Gasteiger partial charge in [-0.2, -0.15) is 0 Å². The quantitative estimate of drug-likeness (QED) is 0.804. The van der Waals surface area contributed by atoms with Gasteiger partial charge < -0.3 is 11.1 Å². The molecule has 0 bridgehead atoms. The smallest absolute Gasteiger partial charge is 0.223 e. The SMILES string of the molecule is CC(CCCN)NC(=O)C1CCC2CCCCC2C1. The molecule has 1 amide bonds. The zero-order chi connectivity index (χ0) is 13.7. The third-order valence-corrected chi connectivity index (χ3v) is 5.14. The highest BCUT2D eigenvalue weighted by molar-refractivity contribution is 5.79. The van der Waals surface area contributed by atoms with Gasteiger partial charge in [0.25, 0.3) is 0 Å². The number of rotatable bonds is 5. The van der Waals surface area contributed by atoms with Crippen molar-refractivity contribution < 1.29 is 4.79 Å². The van der Waals surface area contributed by atoms with Crippen LogP contribution in [0.15, 0.2) is 0 Å². The molecule has 2 fully saturated rings. The fraction of sp³-hybridized carbons (Fsp3) is 0.938. The van der Waals surface area contributed by atoms with Crippen LogP contribution in [0.5, 0.6) is 0 Å². The molecule has 19 heavy (non-hydrogen) atoms. The molecule has 2 aliphatic carbocycles. The summed E-state index contributed by atoms with van der Waals surface area (Å²) < 4.78 is 0. The van der Waals surface area contributed by atoms with Crippen molar-refractivity contribution in [3.8, 4) is 0 Å². The first kappa shape index (κ1) is 14.8. The third kappa shape index (κ3) is 4.20. The van der Waals surface area contributed by atoms with E-state index in [-0.39, 0.29) is 12.0 Å². The van der Waals surface area contributed by atoms with Crippen molar-refractivity contribution in [2.45, 2.75) is 70.8 Å². The molecule has 0 heterocycles. The summed E-state index contributed by atoms with van der Waals surface area (Å²) in [7, 11) is 0. The molecule has 4 atom stereocenters. The largest absolute Gasteiger partial charge is 0.353 e. The lowest BCUT2D eigenvalue weighted by molar-refractivity contribution is -0.127. The third-order valence-electron chi connectivity index (χ3n) is 5.14. The summed E-state index contributed by atoms with van der Waals surface area (Å²) in [6.45, 7) is 2.81. The second-order valence-corrected chi connectivity index (χ2v) is 6.66. The van der Waals surface area contributed by atoms with Crippen LogP contribution < -0.4 is 11.1 Å². The van der Waals surface area contributed by atoms with Crippen molar-refractivity contribution >= 4 is 5.91 Å². The highest BCUT2D eigenvalue weighted by Crippen LogP contribution is 2.42. The van der Waals surface area contributed by atoms with Gasteiger partial charge in [0.2, 0.25) is 5.91 Å². The van der Waals surface area contributed by atoms with E-state index in [0.717, 1.165) is 37.5 Å². The van der Waals surface area contributed by atoms with E-state index >= 15 is 0 Å². The summed E-state index contributed by atoms with van der Waals surface area (Å²) >= 11 is 0. The molecule has 2 saturated carbocycles. The summed E-state index contributed by atoms with van der Waals surface area (Å²) in [5.74, 6) is 2.33. The Morgan fingerprint density at radius 3 is 2.68 bits per heavy atom. The molecule has 0 aliphatic heterocycles. The lowest BCUT2D eigenvalue weighted by atomic mass is 9.67. The maximum atomic E-state index is 12.3. The summed E-state index contributed by atoms with van der Waals surface area (Å²) in [6, 6.07) is 0.278. The highest BCUT2D eigenvalue weighted by atomic mass is 16.1. The van der Waals surface area contributed by atoms with Crippen LogP contribution >= 0.6 is 0 Å². The molecular formula is C16H30N2O. The van der Waals surface area contributed by atoms with E-state index in [1.807, 2.05) is 0 Å². The molecule has 3 nitrogen and oxygen atoms in total. The Kier molecular flexibility index (Phi) is 5.68. The zero-order valence-corrected chi connectivity index (χ0v) is 12.4. The van der Waals surface area contributed by atoms with Gasteiger partial charge in [-0.25, -0.2) is 0 Å². The molecule has 110 valence electrons. The second kappa shape index (κ2) is 7.28. The van der Waals surface area contributed by atoms with Crippen LogP contribution in [0.3, 0.4) is 0 Å². The number of hydrogen-bond donors (Lipinski definition) is 2. The minimum Gasteiger partial charge on any atom is -0.353 e. The fourth-order valence-corrected chi connectivity index (χ4v) is 3.97. The van der Waals surface area contributed by atoms with Crippen molar-refractivity contribution in [3.05, 3.63) is 0 Å². The van der Waals surface area contributed by atoms with E-state index in [2.05, 4.69) is 12.2 Å². The van der Waals surface area contributed by atoms with Gasteiger partial charge in [0.05, 0.1) is 0 Å². The van der Waals surface area contributed by atoms with E-state index < -0.39 is 0 Å². The fourth-order valence-electron chi connectivity index (χ4n) is 3.97.